The van der Waals surface area contributed by atoms with Crippen molar-refractivity contribution in [1.29, 1.82) is 0 Å². The summed E-state index contributed by atoms with van der Waals surface area (Å²) in [6.45, 7) is 7.71. The van der Waals surface area contributed by atoms with Crippen LogP contribution in [0.1, 0.15) is 42.4 Å². The third-order valence-electron chi connectivity index (χ3n) is 5.12. The maximum absolute atomic E-state index is 12.8. The minimum Gasteiger partial charge on any atom is -0.490 e. The van der Waals surface area contributed by atoms with E-state index in [0.29, 0.717) is 43.9 Å². The van der Waals surface area contributed by atoms with Gasteiger partial charge in [0.1, 0.15) is 11.3 Å². The standard InChI is InChI=1S/C23H29N3O5/c1-15(2)31-20-13-21(28)26-12-11-25(10-9-19(26)22(20)23(29)30-4)14-17-5-7-18(8-6-17)24-16(3)27/h5-8,13,15H,9-12,14H2,1-4H3,(H,24,27). The summed E-state index contributed by atoms with van der Waals surface area (Å²) in [7, 11) is 1.33. The fourth-order valence-electron chi connectivity index (χ4n) is 3.78. The lowest BCUT2D eigenvalue weighted by Gasteiger charge is -2.19. The van der Waals surface area contributed by atoms with Crippen molar-refractivity contribution in [2.75, 3.05) is 25.5 Å². The molecule has 0 aliphatic carbocycles. The number of fused-ring (bicyclic) bond motifs is 1. The van der Waals surface area contributed by atoms with Crippen molar-refractivity contribution >= 4 is 17.6 Å². The number of anilines is 1. The summed E-state index contributed by atoms with van der Waals surface area (Å²) in [5.74, 6) is -0.327. The molecule has 0 radical (unpaired) electrons. The Morgan fingerprint density at radius 3 is 2.45 bits per heavy atom. The Morgan fingerprint density at radius 1 is 1.13 bits per heavy atom. The van der Waals surface area contributed by atoms with Crippen LogP contribution in [-0.2, 0) is 29.0 Å². The summed E-state index contributed by atoms with van der Waals surface area (Å²) in [6, 6.07) is 9.08. The van der Waals surface area contributed by atoms with E-state index in [1.807, 2.05) is 38.1 Å². The molecule has 1 aliphatic rings. The molecule has 2 aromatic rings. The number of carbonyl (C=O) groups excluding carboxylic acids is 2. The van der Waals surface area contributed by atoms with E-state index in [0.717, 1.165) is 11.3 Å². The Labute approximate surface area is 181 Å². The summed E-state index contributed by atoms with van der Waals surface area (Å²) in [6.07, 6.45) is 0.354. The first kappa shape index (κ1) is 22.6. The van der Waals surface area contributed by atoms with Gasteiger partial charge in [-0.05, 0) is 31.5 Å². The Bertz CT molecular complexity index is 1010. The van der Waals surface area contributed by atoms with Crippen LogP contribution in [0.4, 0.5) is 5.69 Å². The summed E-state index contributed by atoms with van der Waals surface area (Å²) in [5.41, 5.74) is 2.66. The highest BCUT2D eigenvalue weighted by molar-refractivity contribution is 5.93. The van der Waals surface area contributed by atoms with Gasteiger partial charge in [-0.2, -0.15) is 0 Å². The van der Waals surface area contributed by atoms with Crippen LogP contribution in [0.15, 0.2) is 35.1 Å². The van der Waals surface area contributed by atoms with Crippen LogP contribution in [0.3, 0.4) is 0 Å². The van der Waals surface area contributed by atoms with Crippen LogP contribution < -0.4 is 15.6 Å². The van der Waals surface area contributed by atoms with E-state index in [9.17, 15) is 14.4 Å². The summed E-state index contributed by atoms with van der Waals surface area (Å²) < 4.78 is 12.4. The molecule has 31 heavy (non-hydrogen) atoms. The quantitative estimate of drug-likeness (QED) is 0.713. The molecule has 0 unspecified atom stereocenters. The Morgan fingerprint density at radius 2 is 1.84 bits per heavy atom. The number of benzene rings is 1. The lowest BCUT2D eigenvalue weighted by atomic mass is 10.1. The van der Waals surface area contributed by atoms with E-state index >= 15 is 0 Å². The maximum atomic E-state index is 12.8. The van der Waals surface area contributed by atoms with Crippen molar-refractivity contribution in [3.8, 4) is 5.75 Å². The minimum atomic E-state index is -0.499. The van der Waals surface area contributed by atoms with E-state index < -0.39 is 5.97 Å². The van der Waals surface area contributed by atoms with Crippen molar-refractivity contribution in [2.45, 2.75) is 46.4 Å². The molecule has 166 valence electrons. The molecule has 8 nitrogen and oxygen atoms in total. The van der Waals surface area contributed by atoms with Gasteiger partial charge in [0.15, 0.2) is 0 Å². The largest absolute Gasteiger partial charge is 0.490 e. The van der Waals surface area contributed by atoms with Crippen LogP contribution in [0.2, 0.25) is 0 Å². The average molecular weight is 428 g/mol. The van der Waals surface area contributed by atoms with Gasteiger partial charge in [0.25, 0.3) is 5.56 Å². The van der Waals surface area contributed by atoms with Crippen LogP contribution in [0.25, 0.3) is 0 Å². The molecule has 1 aromatic carbocycles. The third-order valence-corrected chi connectivity index (χ3v) is 5.12. The number of aromatic nitrogens is 1. The molecular formula is C23H29N3O5. The smallest absolute Gasteiger partial charge is 0.343 e. The van der Waals surface area contributed by atoms with Gasteiger partial charge in [-0.15, -0.1) is 0 Å². The second-order valence-corrected chi connectivity index (χ2v) is 7.88. The van der Waals surface area contributed by atoms with Gasteiger partial charge < -0.3 is 19.4 Å². The van der Waals surface area contributed by atoms with Crippen molar-refractivity contribution in [3.05, 3.63) is 57.5 Å². The summed E-state index contributed by atoms with van der Waals surface area (Å²) in [4.78, 5) is 38.7. The number of nitrogens with one attached hydrogen (secondary N) is 1. The van der Waals surface area contributed by atoms with Crippen LogP contribution in [0, 0.1) is 0 Å². The zero-order chi connectivity index (χ0) is 22.5. The second kappa shape index (κ2) is 9.78. The van der Waals surface area contributed by atoms with Gasteiger partial charge in [-0.3, -0.25) is 14.5 Å². The molecule has 0 saturated carbocycles. The van der Waals surface area contributed by atoms with Gasteiger partial charge >= 0.3 is 5.97 Å². The van der Waals surface area contributed by atoms with Crippen molar-refractivity contribution in [1.82, 2.24) is 9.47 Å². The molecule has 0 bridgehead atoms. The third kappa shape index (κ3) is 5.52. The number of methoxy groups -OCH3 is 1. The number of carbonyl (C=O) groups is 2. The topological polar surface area (TPSA) is 89.9 Å². The van der Waals surface area contributed by atoms with E-state index in [1.54, 1.807) is 4.57 Å². The molecular weight excluding hydrogens is 398 g/mol. The number of rotatable bonds is 6. The summed E-state index contributed by atoms with van der Waals surface area (Å²) in [5, 5.41) is 2.76. The van der Waals surface area contributed by atoms with Crippen LogP contribution in [-0.4, -0.2) is 47.6 Å². The number of nitrogens with zero attached hydrogens (tertiary/aromatic N) is 2. The normalized spacial score (nSPS) is 14.0. The monoisotopic (exact) mass is 427 g/mol. The van der Waals surface area contributed by atoms with Crippen LogP contribution in [0.5, 0.6) is 5.75 Å². The first-order chi connectivity index (χ1) is 14.8. The van der Waals surface area contributed by atoms with E-state index in [2.05, 4.69) is 10.2 Å². The Kier molecular flexibility index (Phi) is 7.12. The first-order valence-electron chi connectivity index (χ1n) is 10.4. The molecule has 0 fully saturated rings. The fraction of sp³-hybridized carbons (Fsp3) is 0.435. The molecule has 1 aromatic heterocycles. The molecule has 8 heteroatoms. The van der Waals surface area contributed by atoms with Gasteiger partial charge in [-0.25, -0.2) is 4.79 Å². The molecule has 1 N–H and O–H groups in total. The zero-order valence-corrected chi connectivity index (χ0v) is 18.4. The van der Waals surface area contributed by atoms with Gasteiger partial charge in [0.05, 0.1) is 13.2 Å². The minimum absolute atomic E-state index is 0.106. The van der Waals surface area contributed by atoms with Gasteiger partial charge in [0.2, 0.25) is 5.91 Å². The number of esters is 1. The molecule has 3 rings (SSSR count). The van der Waals surface area contributed by atoms with Gasteiger partial charge in [0, 0.05) is 57.0 Å². The SMILES string of the molecule is COC(=O)c1c(OC(C)C)cc(=O)n2c1CCN(Cc1ccc(NC(C)=O)cc1)CC2. The van der Waals surface area contributed by atoms with Gasteiger partial charge in [-0.1, -0.05) is 12.1 Å². The predicted octanol–water partition coefficient (Wildman–Crippen LogP) is 2.44. The predicted molar refractivity (Wildman–Crippen MR) is 118 cm³/mol. The van der Waals surface area contributed by atoms with Crippen molar-refractivity contribution in [3.63, 3.8) is 0 Å². The molecule has 0 atom stereocenters. The number of pyridine rings is 1. The highest BCUT2D eigenvalue weighted by atomic mass is 16.5. The fourth-order valence-corrected chi connectivity index (χ4v) is 3.78. The highest BCUT2D eigenvalue weighted by Crippen LogP contribution is 2.25. The molecule has 0 saturated heterocycles. The molecule has 1 aliphatic heterocycles. The first-order valence-corrected chi connectivity index (χ1v) is 10.4. The maximum Gasteiger partial charge on any atom is 0.343 e. The Hall–Kier alpha value is -3.13. The van der Waals surface area contributed by atoms with E-state index in [4.69, 9.17) is 9.47 Å². The summed E-state index contributed by atoms with van der Waals surface area (Å²) >= 11 is 0. The molecule has 0 spiro atoms. The lowest BCUT2D eigenvalue weighted by Crippen LogP contribution is -2.29. The number of hydrogen-bond donors (Lipinski definition) is 1. The highest BCUT2D eigenvalue weighted by Gasteiger charge is 2.26. The van der Waals surface area contributed by atoms with Crippen LogP contribution >= 0.6 is 0 Å². The number of amides is 1. The van der Waals surface area contributed by atoms with E-state index in [1.165, 1.54) is 20.1 Å². The second-order valence-electron chi connectivity index (χ2n) is 7.88. The van der Waals surface area contributed by atoms with E-state index in [-0.39, 0.29) is 23.3 Å². The van der Waals surface area contributed by atoms with Crippen molar-refractivity contribution in [2.24, 2.45) is 0 Å². The lowest BCUT2D eigenvalue weighted by molar-refractivity contribution is -0.114. The Balaban J connectivity index is 1.82. The van der Waals surface area contributed by atoms with Crippen molar-refractivity contribution < 1.29 is 19.1 Å². The zero-order valence-electron chi connectivity index (χ0n) is 18.4. The average Bonchev–Trinajstić information content (AvgIpc) is 2.91. The number of ether oxygens (including phenoxy) is 2. The molecule has 1 amide bonds. The molecule has 2 heterocycles. The number of hydrogen-bond acceptors (Lipinski definition) is 6.